The molecular weight excluding hydrogens is 281 g/mol. The maximum atomic E-state index is 13.2. The first-order chi connectivity index (χ1) is 9.70. The molecule has 0 atom stereocenters. The van der Waals surface area contributed by atoms with E-state index in [1.54, 1.807) is 18.1 Å². The largest absolute Gasteiger partial charge is 0.496 e. The van der Waals surface area contributed by atoms with Crippen molar-refractivity contribution in [3.05, 3.63) is 29.6 Å². The maximum absolute atomic E-state index is 13.2. The Hall–Kier alpha value is -1.27. The summed E-state index contributed by atoms with van der Waals surface area (Å²) in [7, 11) is 1.56. The second-order valence-electron chi connectivity index (χ2n) is 4.44. The monoisotopic (exact) mass is 299 g/mol. The molecule has 0 aromatic heterocycles. The molecule has 20 heavy (non-hydrogen) atoms. The molecule has 1 saturated heterocycles. The van der Waals surface area contributed by atoms with Crippen molar-refractivity contribution < 1.29 is 18.7 Å². The predicted octanol–water partition coefficient (Wildman–Crippen LogP) is 1.93. The molecule has 110 valence electrons. The number of morpholine rings is 1. The van der Waals surface area contributed by atoms with Gasteiger partial charge in [0, 0.05) is 24.4 Å². The predicted molar refractivity (Wildman–Crippen MR) is 76.5 cm³/mol. The van der Waals surface area contributed by atoms with Crippen molar-refractivity contribution in [3.63, 3.8) is 0 Å². The molecule has 0 spiro atoms. The van der Waals surface area contributed by atoms with E-state index in [4.69, 9.17) is 9.47 Å². The van der Waals surface area contributed by atoms with Crippen molar-refractivity contribution in [3.8, 4) is 5.75 Å². The Morgan fingerprint density at radius 2 is 2.20 bits per heavy atom. The molecule has 6 heteroatoms. The first-order valence-electron chi connectivity index (χ1n) is 6.46. The zero-order valence-corrected chi connectivity index (χ0v) is 12.2. The molecular formula is C14H18FNO3S. The highest BCUT2D eigenvalue weighted by Gasteiger charge is 2.16. The first-order valence-corrected chi connectivity index (χ1v) is 7.62. The third-order valence-corrected chi connectivity index (χ3v) is 4.06. The normalized spacial score (nSPS) is 15.2. The third-order valence-electron chi connectivity index (χ3n) is 3.09. The molecule has 0 N–H and O–H groups in total. The fourth-order valence-corrected chi connectivity index (χ4v) is 2.92. The zero-order chi connectivity index (χ0) is 14.4. The number of carbonyl (C=O) groups excluding carboxylic acids is 1. The van der Waals surface area contributed by atoms with Gasteiger partial charge in [0.1, 0.15) is 11.6 Å². The molecule has 4 nitrogen and oxygen atoms in total. The van der Waals surface area contributed by atoms with Gasteiger partial charge in [0.05, 0.1) is 26.1 Å². The number of methoxy groups -OCH3 is 1. The summed E-state index contributed by atoms with van der Waals surface area (Å²) < 4.78 is 23.6. The summed E-state index contributed by atoms with van der Waals surface area (Å²) in [5, 5.41) is 0. The van der Waals surface area contributed by atoms with Gasteiger partial charge in [-0.05, 0) is 18.2 Å². The van der Waals surface area contributed by atoms with Crippen LogP contribution in [0.1, 0.15) is 5.56 Å². The molecule has 1 amide bonds. The summed E-state index contributed by atoms with van der Waals surface area (Å²) in [6, 6.07) is 4.42. The Balaban J connectivity index is 1.83. The van der Waals surface area contributed by atoms with Crippen LogP contribution in [0.25, 0.3) is 0 Å². The lowest BCUT2D eigenvalue weighted by Gasteiger charge is -2.26. The van der Waals surface area contributed by atoms with E-state index in [0.29, 0.717) is 43.6 Å². The Kier molecular flexibility index (Phi) is 5.67. The number of halogens is 1. The van der Waals surface area contributed by atoms with Gasteiger partial charge in [0.2, 0.25) is 5.91 Å². The molecule has 0 unspecified atom stereocenters. The van der Waals surface area contributed by atoms with Gasteiger partial charge >= 0.3 is 0 Å². The number of thioether (sulfide) groups is 1. The summed E-state index contributed by atoms with van der Waals surface area (Å²) in [5.41, 5.74) is 0.771. The summed E-state index contributed by atoms with van der Waals surface area (Å²) in [4.78, 5) is 13.8. The summed E-state index contributed by atoms with van der Waals surface area (Å²) in [6.07, 6.45) is 0. The second-order valence-corrected chi connectivity index (χ2v) is 5.43. The van der Waals surface area contributed by atoms with Gasteiger partial charge in [-0.1, -0.05) is 0 Å². The lowest BCUT2D eigenvalue weighted by Crippen LogP contribution is -2.41. The van der Waals surface area contributed by atoms with Crippen LogP contribution in [0.3, 0.4) is 0 Å². The Morgan fingerprint density at radius 3 is 2.90 bits per heavy atom. The van der Waals surface area contributed by atoms with E-state index in [1.165, 1.54) is 23.9 Å². The fraction of sp³-hybridized carbons (Fsp3) is 0.500. The van der Waals surface area contributed by atoms with Crippen LogP contribution in [-0.4, -0.2) is 50.0 Å². The average Bonchev–Trinajstić information content (AvgIpc) is 2.48. The van der Waals surface area contributed by atoms with Gasteiger partial charge in [-0.15, -0.1) is 11.8 Å². The van der Waals surface area contributed by atoms with Crippen molar-refractivity contribution in [2.24, 2.45) is 0 Å². The average molecular weight is 299 g/mol. The van der Waals surface area contributed by atoms with Gasteiger partial charge in [-0.25, -0.2) is 4.39 Å². The molecule has 2 rings (SSSR count). The molecule has 1 heterocycles. The lowest BCUT2D eigenvalue weighted by atomic mass is 10.2. The van der Waals surface area contributed by atoms with Crippen molar-refractivity contribution in [1.82, 2.24) is 4.90 Å². The van der Waals surface area contributed by atoms with E-state index in [2.05, 4.69) is 0 Å². The number of hydrogen-bond donors (Lipinski definition) is 0. The first kappa shape index (κ1) is 15.1. The van der Waals surface area contributed by atoms with Crippen LogP contribution in [0, 0.1) is 5.82 Å². The maximum Gasteiger partial charge on any atom is 0.232 e. The Labute approximate surface area is 122 Å². The van der Waals surface area contributed by atoms with Crippen LogP contribution >= 0.6 is 11.8 Å². The van der Waals surface area contributed by atoms with E-state index >= 15 is 0 Å². The molecule has 0 saturated carbocycles. The van der Waals surface area contributed by atoms with Gasteiger partial charge in [-0.2, -0.15) is 0 Å². The highest BCUT2D eigenvalue weighted by Crippen LogP contribution is 2.24. The number of hydrogen-bond acceptors (Lipinski definition) is 4. The Morgan fingerprint density at radius 1 is 1.45 bits per heavy atom. The molecule has 0 bridgehead atoms. The van der Waals surface area contributed by atoms with E-state index in [1.807, 2.05) is 0 Å². The van der Waals surface area contributed by atoms with E-state index in [-0.39, 0.29) is 11.7 Å². The van der Waals surface area contributed by atoms with Crippen molar-refractivity contribution in [1.29, 1.82) is 0 Å². The second kappa shape index (κ2) is 7.50. The van der Waals surface area contributed by atoms with Crippen molar-refractivity contribution >= 4 is 17.7 Å². The number of carbonyl (C=O) groups is 1. The van der Waals surface area contributed by atoms with Crippen molar-refractivity contribution in [2.45, 2.75) is 5.75 Å². The lowest BCUT2D eigenvalue weighted by molar-refractivity contribution is -0.132. The molecule has 1 aliphatic heterocycles. The molecule has 1 aromatic rings. The Bertz CT molecular complexity index is 464. The smallest absolute Gasteiger partial charge is 0.232 e. The van der Waals surface area contributed by atoms with E-state index < -0.39 is 0 Å². The van der Waals surface area contributed by atoms with Crippen LogP contribution in [0.4, 0.5) is 4.39 Å². The van der Waals surface area contributed by atoms with Gasteiger partial charge in [0.15, 0.2) is 0 Å². The summed E-state index contributed by atoms with van der Waals surface area (Å²) in [5.74, 6) is 1.41. The fourth-order valence-electron chi connectivity index (χ4n) is 2.01. The summed E-state index contributed by atoms with van der Waals surface area (Å²) in [6.45, 7) is 2.52. The molecule has 0 radical (unpaired) electrons. The minimum absolute atomic E-state index is 0.105. The number of amides is 1. The zero-order valence-electron chi connectivity index (χ0n) is 11.4. The SMILES string of the molecule is COc1ccc(F)cc1CSCC(=O)N1CCOCC1. The third kappa shape index (κ3) is 4.11. The minimum Gasteiger partial charge on any atom is -0.496 e. The topological polar surface area (TPSA) is 38.8 Å². The van der Waals surface area contributed by atoms with Crippen LogP contribution in [-0.2, 0) is 15.3 Å². The van der Waals surface area contributed by atoms with Gasteiger partial charge in [-0.3, -0.25) is 4.79 Å². The minimum atomic E-state index is -0.291. The van der Waals surface area contributed by atoms with Crippen LogP contribution in [0.2, 0.25) is 0 Å². The highest BCUT2D eigenvalue weighted by atomic mass is 32.2. The number of rotatable bonds is 5. The molecule has 1 aromatic carbocycles. The van der Waals surface area contributed by atoms with E-state index in [9.17, 15) is 9.18 Å². The number of nitrogens with zero attached hydrogens (tertiary/aromatic N) is 1. The highest BCUT2D eigenvalue weighted by molar-refractivity contribution is 7.99. The van der Waals surface area contributed by atoms with Crippen LogP contribution < -0.4 is 4.74 Å². The van der Waals surface area contributed by atoms with Crippen LogP contribution in [0.5, 0.6) is 5.75 Å². The standard InChI is InChI=1S/C14H18FNO3S/c1-18-13-3-2-12(15)8-11(13)9-20-10-14(17)16-4-6-19-7-5-16/h2-3,8H,4-7,9-10H2,1H3. The van der Waals surface area contributed by atoms with Crippen molar-refractivity contribution in [2.75, 3.05) is 39.2 Å². The quantitative estimate of drug-likeness (QED) is 0.833. The van der Waals surface area contributed by atoms with Gasteiger partial charge < -0.3 is 14.4 Å². The number of benzene rings is 1. The molecule has 0 aliphatic carbocycles. The summed E-state index contributed by atoms with van der Waals surface area (Å²) >= 11 is 1.47. The number of ether oxygens (including phenoxy) is 2. The molecule has 1 aliphatic rings. The van der Waals surface area contributed by atoms with Crippen LogP contribution in [0.15, 0.2) is 18.2 Å². The van der Waals surface area contributed by atoms with Gasteiger partial charge in [0.25, 0.3) is 0 Å². The molecule has 1 fully saturated rings. The van der Waals surface area contributed by atoms with E-state index in [0.717, 1.165) is 5.56 Å².